The number of rotatable bonds is 4. The Kier molecular flexibility index (Phi) is 6.49. The van der Waals surface area contributed by atoms with Crippen LogP contribution in [0.5, 0.6) is 0 Å². The number of hydrogen-bond acceptors (Lipinski definition) is 5. The maximum atomic E-state index is 12.6. The molecule has 1 fully saturated rings. The molecule has 0 aromatic heterocycles. The van der Waals surface area contributed by atoms with Crippen molar-refractivity contribution in [2.75, 3.05) is 0 Å². The Morgan fingerprint density at radius 3 is 2.21 bits per heavy atom. The van der Waals surface area contributed by atoms with Crippen molar-refractivity contribution < 1.29 is 19.1 Å². The van der Waals surface area contributed by atoms with E-state index in [0.717, 1.165) is 6.42 Å². The van der Waals surface area contributed by atoms with Crippen LogP contribution in [0.4, 0.5) is 4.79 Å². The molecule has 8 nitrogen and oxygen atoms in total. The molecule has 0 aromatic rings. The quantitative estimate of drug-likeness (QED) is 0.364. The second-order valence-electron chi connectivity index (χ2n) is 8.02. The average Bonchev–Trinajstić information content (AvgIpc) is 2.80. The lowest BCUT2D eigenvalue weighted by Crippen LogP contribution is -2.51. The Morgan fingerprint density at radius 2 is 1.71 bits per heavy atom. The fraction of sp³-hybridized carbons (Fsp3) is 0.875. The highest BCUT2D eigenvalue weighted by Crippen LogP contribution is 2.32. The average molecular weight is 340 g/mol. The van der Waals surface area contributed by atoms with Crippen LogP contribution in [-0.2, 0) is 14.3 Å². The van der Waals surface area contributed by atoms with Gasteiger partial charge in [-0.1, -0.05) is 11.5 Å². The maximum Gasteiger partial charge on any atom is 0.408 e. The first-order valence-electron chi connectivity index (χ1n) is 8.19. The largest absolute Gasteiger partial charge is 0.458 e. The smallest absolute Gasteiger partial charge is 0.408 e. The van der Waals surface area contributed by atoms with Crippen molar-refractivity contribution >= 4 is 12.1 Å². The second-order valence-corrected chi connectivity index (χ2v) is 8.02. The Hall–Kier alpha value is -1.95. The SMILES string of the molecule is CC(C)(C)OC(=O)N[C@@H](C(=O)OC(C)(C)C)[C@H]1CCC[C@H]1N=[N+]=[N-]. The molecule has 0 aliphatic heterocycles. The highest BCUT2D eigenvalue weighted by molar-refractivity contribution is 5.82. The van der Waals surface area contributed by atoms with Crippen LogP contribution in [0, 0.1) is 5.92 Å². The Labute approximate surface area is 142 Å². The molecule has 0 unspecified atom stereocenters. The van der Waals surface area contributed by atoms with Gasteiger partial charge < -0.3 is 14.8 Å². The predicted octanol–water partition coefficient (Wildman–Crippen LogP) is 3.70. The van der Waals surface area contributed by atoms with Gasteiger partial charge in [0.15, 0.2) is 0 Å². The summed E-state index contributed by atoms with van der Waals surface area (Å²) in [4.78, 5) is 27.5. The fourth-order valence-corrected chi connectivity index (χ4v) is 2.71. The van der Waals surface area contributed by atoms with E-state index in [9.17, 15) is 9.59 Å². The third-order valence-electron chi connectivity index (χ3n) is 3.49. The zero-order chi connectivity index (χ0) is 18.5. The molecule has 1 aliphatic carbocycles. The molecule has 0 radical (unpaired) electrons. The lowest BCUT2D eigenvalue weighted by molar-refractivity contribution is -0.159. The van der Waals surface area contributed by atoms with E-state index in [1.165, 1.54) is 0 Å². The highest BCUT2D eigenvalue weighted by atomic mass is 16.6. The van der Waals surface area contributed by atoms with Crippen LogP contribution < -0.4 is 5.32 Å². The standard InChI is InChI=1S/C16H28N4O4/c1-15(2,3)23-13(21)12(18-14(22)24-16(4,5)6)10-8-7-9-11(10)19-20-17/h10-12H,7-9H2,1-6H3,(H,18,22)/t10-,11+,12+/m0/s1. The molecule has 24 heavy (non-hydrogen) atoms. The molecule has 1 saturated carbocycles. The van der Waals surface area contributed by atoms with Gasteiger partial charge in [0.1, 0.15) is 17.2 Å². The topological polar surface area (TPSA) is 113 Å². The third-order valence-corrected chi connectivity index (χ3v) is 3.49. The Bertz CT molecular complexity index is 515. The minimum atomic E-state index is -0.905. The Balaban J connectivity index is 2.96. The molecular weight excluding hydrogens is 312 g/mol. The third kappa shape index (κ3) is 6.66. The first-order valence-corrected chi connectivity index (χ1v) is 8.19. The first kappa shape index (κ1) is 20.1. The van der Waals surface area contributed by atoms with Crippen molar-refractivity contribution in [1.29, 1.82) is 0 Å². The lowest BCUT2D eigenvalue weighted by Gasteiger charge is -2.30. The van der Waals surface area contributed by atoms with Crippen LogP contribution in [0.3, 0.4) is 0 Å². The number of carbonyl (C=O) groups is 2. The molecular formula is C16H28N4O4. The van der Waals surface area contributed by atoms with E-state index < -0.39 is 29.3 Å². The van der Waals surface area contributed by atoms with E-state index in [2.05, 4.69) is 15.3 Å². The summed E-state index contributed by atoms with van der Waals surface area (Å²) in [7, 11) is 0. The van der Waals surface area contributed by atoms with Gasteiger partial charge in [0.2, 0.25) is 0 Å². The highest BCUT2D eigenvalue weighted by Gasteiger charge is 2.40. The number of nitrogens with one attached hydrogen (secondary N) is 1. The summed E-state index contributed by atoms with van der Waals surface area (Å²) in [6.07, 6.45) is 1.49. The summed E-state index contributed by atoms with van der Waals surface area (Å²) in [5, 5.41) is 6.37. The number of nitrogens with zero attached hydrogens (tertiary/aromatic N) is 3. The molecule has 0 spiro atoms. The normalized spacial score (nSPS) is 22.2. The summed E-state index contributed by atoms with van der Waals surface area (Å²) < 4.78 is 10.7. The molecule has 8 heteroatoms. The van der Waals surface area contributed by atoms with E-state index >= 15 is 0 Å². The van der Waals surface area contributed by atoms with E-state index in [1.807, 2.05) is 0 Å². The lowest BCUT2D eigenvalue weighted by atomic mass is 9.94. The van der Waals surface area contributed by atoms with Crippen molar-refractivity contribution in [1.82, 2.24) is 5.32 Å². The van der Waals surface area contributed by atoms with Crippen molar-refractivity contribution in [3.05, 3.63) is 10.4 Å². The van der Waals surface area contributed by atoms with E-state index in [-0.39, 0.29) is 12.0 Å². The molecule has 1 amide bonds. The summed E-state index contributed by atoms with van der Waals surface area (Å²) in [6.45, 7) is 10.5. The summed E-state index contributed by atoms with van der Waals surface area (Å²) in [6, 6.07) is -1.25. The molecule has 0 aromatic carbocycles. The van der Waals surface area contributed by atoms with Crippen LogP contribution in [0.25, 0.3) is 10.4 Å². The van der Waals surface area contributed by atoms with E-state index in [0.29, 0.717) is 12.8 Å². The minimum absolute atomic E-state index is 0.303. The van der Waals surface area contributed by atoms with Crippen LogP contribution in [0.2, 0.25) is 0 Å². The minimum Gasteiger partial charge on any atom is -0.458 e. The summed E-state index contributed by atoms with van der Waals surface area (Å²) in [5.41, 5.74) is 7.36. The number of alkyl carbamates (subject to hydrolysis) is 1. The molecule has 0 bridgehead atoms. The van der Waals surface area contributed by atoms with Crippen molar-refractivity contribution in [2.24, 2.45) is 11.0 Å². The zero-order valence-electron chi connectivity index (χ0n) is 15.3. The molecule has 1 aliphatic rings. The molecule has 1 N–H and O–H groups in total. The number of amides is 1. The van der Waals surface area contributed by atoms with Crippen molar-refractivity contribution in [3.63, 3.8) is 0 Å². The molecule has 136 valence electrons. The summed E-state index contributed by atoms with van der Waals surface area (Å²) >= 11 is 0. The van der Waals surface area contributed by atoms with Crippen molar-refractivity contribution in [2.45, 2.75) is 84.1 Å². The van der Waals surface area contributed by atoms with Gasteiger partial charge in [0, 0.05) is 11.0 Å². The number of esters is 1. The molecule has 1 rings (SSSR count). The van der Waals surface area contributed by atoms with Gasteiger partial charge in [-0.05, 0) is 65.8 Å². The Morgan fingerprint density at radius 1 is 1.12 bits per heavy atom. The van der Waals surface area contributed by atoms with Crippen LogP contribution in [0.15, 0.2) is 5.11 Å². The van der Waals surface area contributed by atoms with Gasteiger partial charge in [-0.3, -0.25) is 0 Å². The molecule has 0 saturated heterocycles. The number of carbonyl (C=O) groups excluding carboxylic acids is 2. The van der Waals surface area contributed by atoms with Gasteiger partial charge >= 0.3 is 12.1 Å². The zero-order valence-corrected chi connectivity index (χ0v) is 15.3. The monoisotopic (exact) mass is 340 g/mol. The number of hydrogen-bond donors (Lipinski definition) is 1. The van der Waals surface area contributed by atoms with Gasteiger partial charge in [0.05, 0.1) is 0 Å². The summed E-state index contributed by atoms with van der Waals surface area (Å²) in [5.74, 6) is -0.846. The maximum absolute atomic E-state index is 12.6. The van der Waals surface area contributed by atoms with Gasteiger partial charge in [-0.25, -0.2) is 9.59 Å². The van der Waals surface area contributed by atoms with Crippen LogP contribution in [-0.4, -0.2) is 35.3 Å². The van der Waals surface area contributed by atoms with E-state index in [1.54, 1.807) is 41.5 Å². The van der Waals surface area contributed by atoms with Crippen LogP contribution >= 0.6 is 0 Å². The molecule has 3 atom stereocenters. The fourth-order valence-electron chi connectivity index (χ4n) is 2.71. The van der Waals surface area contributed by atoms with Gasteiger partial charge in [0.25, 0.3) is 0 Å². The van der Waals surface area contributed by atoms with Gasteiger partial charge in [-0.2, -0.15) is 0 Å². The number of azide groups is 1. The number of ether oxygens (including phenoxy) is 2. The van der Waals surface area contributed by atoms with E-state index in [4.69, 9.17) is 15.0 Å². The van der Waals surface area contributed by atoms with Crippen LogP contribution in [0.1, 0.15) is 60.8 Å². The second kappa shape index (κ2) is 7.75. The van der Waals surface area contributed by atoms with Gasteiger partial charge in [-0.15, -0.1) is 0 Å². The first-order chi connectivity index (χ1) is 10.9. The predicted molar refractivity (Wildman–Crippen MR) is 89.3 cm³/mol. The van der Waals surface area contributed by atoms with Crippen molar-refractivity contribution in [3.8, 4) is 0 Å². The molecule has 0 heterocycles.